The molecule has 1 aromatic heterocycles. The quantitative estimate of drug-likeness (QED) is 0.862. The van der Waals surface area contributed by atoms with Crippen molar-refractivity contribution in [3.63, 3.8) is 0 Å². The van der Waals surface area contributed by atoms with Crippen LogP contribution in [-0.2, 0) is 29.9 Å². The van der Waals surface area contributed by atoms with Crippen LogP contribution in [0.5, 0.6) is 0 Å². The number of nitrogens with zero attached hydrogens (tertiary/aromatic N) is 3. The van der Waals surface area contributed by atoms with Gasteiger partial charge in [-0.15, -0.1) is 0 Å². The van der Waals surface area contributed by atoms with Gasteiger partial charge in [0.25, 0.3) is 0 Å². The highest BCUT2D eigenvalue weighted by Crippen LogP contribution is 2.43. The van der Waals surface area contributed by atoms with Gasteiger partial charge in [0, 0.05) is 42.8 Å². The molecule has 0 radical (unpaired) electrons. The van der Waals surface area contributed by atoms with Gasteiger partial charge in [-0.25, -0.2) is 9.97 Å². The number of aromatic nitrogens is 2. The molecule has 0 amide bonds. The smallest absolute Gasteiger partial charge is 0.128 e. The summed E-state index contributed by atoms with van der Waals surface area (Å²) in [6.07, 6.45) is 3.97. The lowest BCUT2D eigenvalue weighted by molar-refractivity contribution is -0.145. The normalized spacial score (nSPS) is 18.9. The highest BCUT2D eigenvalue weighted by Gasteiger charge is 2.50. The van der Waals surface area contributed by atoms with Crippen LogP contribution in [0.2, 0.25) is 5.02 Å². The van der Waals surface area contributed by atoms with Crippen molar-refractivity contribution in [1.29, 1.82) is 0 Å². The zero-order chi connectivity index (χ0) is 15.9. The minimum absolute atomic E-state index is 0.207. The van der Waals surface area contributed by atoms with Crippen LogP contribution in [0.25, 0.3) is 0 Å². The molecule has 4 nitrogen and oxygen atoms in total. The van der Waals surface area contributed by atoms with Gasteiger partial charge in [0.15, 0.2) is 0 Å². The molecular weight excluding hydrogens is 310 g/mol. The SMILES string of the molecule is CCCc1ncc2c(n1)COC21CN(Cc2ccccc2Cl)C1. The predicted molar refractivity (Wildman–Crippen MR) is 89.2 cm³/mol. The summed E-state index contributed by atoms with van der Waals surface area (Å²) < 4.78 is 6.10. The Morgan fingerprint density at radius 1 is 1.30 bits per heavy atom. The molecule has 0 atom stereocenters. The molecule has 0 bridgehead atoms. The fourth-order valence-electron chi connectivity index (χ4n) is 3.49. The molecule has 3 heterocycles. The fraction of sp³-hybridized carbons (Fsp3) is 0.444. The van der Waals surface area contributed by atoms with Crippen LogP contribution in [0.4, 0.5) is 0 Å². The summed E-state index contributed by atoms with van der Waals surface area (Å²) in [4.78, 5) is 11.5. The van der Waals surface area contributed by atoms with Gasteiger partial charge in [0.2, 0.25) is 0 Å². The lowest BCUT2D eigenvalue weighted by Gasteiger charge is -2.47. The molecule has 5 heteroatoms. The van der Waals surface area contributed by atoms with E-state index in [0.29, 0.717) is 6.61 Å². The van der Waals surface area contributed by atoms with Gasteiger partial charge in [0.05, 0.1) is 12.3 Å². The van der Waals surface area contributed by atoms with E-state index in [0.717, 1.165) is 54.6 Å². The fourth-order valence-corrected chi connectivity index (χ4v) is 3.69. The molecule has 1 saturated heterocycles. The molecular formula is C18H20ClN3O. The Bertz CT molecular complexity index is 728. The summed E-state index contributed by atoms with van der Waals surface area (Å²) in [5.74, 6) is 0.930. The third-order valence-corrected chi connectivity index (χ3v) is 5.05. The topological polar surface area (TPSA) is 38.3 Å². The van der Waals surface area contributed by atoms with Crippen LogP contribution < -0.4 is 0 Å². The Morgan fingerprint density at radius 2 is 2.13 bits per heavy atom. The maximum absolute atomic E-state index is 6.25. The Morgan fingerprint density at radius 3 is 2.91 bits per heavy atom. The van der Waals surface area contributed by atoms with E-state index in [-0.39, 0.29) is 5.60 Å². The highest BCUT2D eigenvalue weighted by atomic mass is 35.5. The second kappa shape index (κ2) is 5.86. The summed E-state index contributed by atoms with van der Waals surface area (Å²) in [7, 11) is 0. The Hall–Kier alpha value is -1.49. The monoisotopic (exact) mass is 329 g/mol. The van der Waals surface area contributed by atoms with Crippen LogP contribution in [0.15, 0.2) is 30.5 Å². The molecule has 4 rings (SSSR count). The van der Waals surface area contributed by atoms with Crippen molar-refractivity contribution < 1.29 is 4.74 Å². The molecule has 1 aromatic carbocycles. The van der Waals surface area contributed by atoms with Crippen LogP contribution in [0.3, 0.4) is 0 Å². The summed E-state index contributed by atoms with van der Waals surface area (Å²) in [6, 6.07) is 8.01. The number of ether oxygens (including phenoxy) is 1. The van der Waals surface area contributed by atoms with E-state index in [4.69, 9.17) is 16.3 Å². The molecule has 2 aliphatic rings. The van der Waals surface area contributed by atoms with Gasteiger partial charge >= 0.3 is 0 Å². The number of benzene rings is 1. The maximum atomic E-state index is 6.25. The highest BCUT2D eigenvalue weighted by molar-refractivity contribution is 6.31. The molecule has 0 unspecified atom stereocenters. The number of halogens is 1. The molecule has 1 fully saturated rings. The lowest BCUT2D eigenvalue weighted by Crippen LogP contribution is -2.58. The van der Waals surface area contributed by atoms with Crippen LogP contribution in [0, 0.1) is 0 Å². The van der Waals surface area contributed by atoms with Gasteiger partial charge in [0.1, 0.15) is 11.4 Å². The van der Waals surface area contributed by atoms with Crippen molar-refractivity contribution >= 4 is 11.6 Å². The minimum Gasteiger partial charge on any atom is -0.361 e. The molecule has 1 spiro atoms. The molecule has 0 aliphatic carbocycles. The van der Waals surface area contributed by atoms with E-state index in [1.165, 1.54) is 5.56 Å². The zero-order valence-electron chi connectivity index (χ0n) is 13.3. The number of likely N-dealkylation sites (tertiary alicyclic amines) is 1. The van der Waals surface area contributed by atoms with Gasteiger partial charge in [-0.3, -0.25) is 4.90 Å². The largest absolute Gasteiger partial charge is 0.361 e. The zero-order valence-corrected chi connectivity index (χ0v) is 14.0. The van der Waals surface area contributed by atoms with E-state index < -0.39 is 0 Å². The molecule has 23 heavy (non-hydrogen) atoms. The summed E-state index contributed by atoms with van der Waals surface area (Å²) in [5, 5.41) is 0.828. The number of rotatable bonds is 4. The van der Waals surface area contributed by atoms with E-state index in [9.17, 15) is 0 Å². The number of fused-ring (bicyclic) bond motifs is 2. The lowest BCUT2D eigenvalue weighted by atomic mass is 9.87. The number of hydrogen-bond donors (Lipinski definition) is 0. The van der Waals surface area contributed by atoms with Crippen molar-refractivity contribution in [2.75, 3.05) is 13.1 Å². The number of hydrogen-bond acceptors (Lipinski definition) is 4. The first-order valence-corrected chi connectivity index (χ1v) is 8.53. The van der Waals surface area contributed by atoms with Gasteiger partial charge in [-0.2, -0.15) is 0 Å². The van der Waals surface area contributed by atoms with Crippen molar-refractivity contribution in [3.8, 4) is 0 Å². The molecule has 2 aromatic rings. The van der Waals surface area contributed by atoms with Crippen LogP contribution in [-0.4, -0.2) is 28.0 Å². The molecule has 0 N–H and O–H groups in total. The van der Waals surface area contributed by atoms with Gasteiger partial charge in [-0.1, -0.05) is 36.7 Å². The first-order valence-electron chi connectivity index (χ1n) is 8.15. The van der Waals surface area contributed by atoms with Crippen molar-refractivity contribution in [2.45, 2.75) is 38.5 Å². The van der Waals surface area contributed by atoms with Crippen LogP contribution >= 0.6 is 11.6 Å². The molecule has 2 aliphatic heterocycles. The maximum Gasteiger partial charge on any atom is 0.128 e. The summed E-state index contributed by atoms with van der Waals surface area (Å²) >= 11 is 6.25. The van der Waals surface area contributed by atoms with E-state index in [1.807, 2.05) is 24.4 Å². The predicted octanol–water partition coefficient (Wildman–Crippen LogP) is 3.32. The second-order valence-corrected chi connectivity index (χ2v) is 6.82. The summed E-state index contributed by atoms with van der Waals surface area (Å²) in [6.45, 7) is 5.36. The summed E-state index contributed by atoms with van der Waals surface area (Å²) in [5.41, 5.74) is 3.20. The van der Waals surface area contributed by atoms with Crippen LogP contribution in [0.1, 0.15) is 36.0 Å². The standard InChI is InChI=1S/C18H20ClN3O/c1-2-5-17-20-8-14-16(21-17)10-23-18(14)11-22(12-18)9-13-6-3-4-7-15(13)19/h3-4,6-8H,2,5,9-12H2,1H3. The first-order chi connectivity index (χ1) is 11.2. The average molecular weight is 330 g/mol. The van der Waals surface area contributed by atoms with E-state index >= 15 is 0 Å². The van der Waals surface area contributed by atoms with E-state index in [1.54, 1.807) is 0 Å². The Kier molecular flexibility index (Phi) is 3.84. The Balaban J connectivity index is 1.47. The molecule has 120 valence electrons. The minimum atomic E-state index is -0.207. The van der Waals surface area contributed by atoms with Gasteiger partial charge in [-0.05, 0) is 18.1 Å². The number of aryl methyl sites for hydroxylation is 1. The third-order valence-electron chi connectivity index (χ3n) is 4.68. The molecule has 0 saturated carbocycles. The van der Waals surface area contributed by atoms with Gasteiger partial charge < -0.3 is 4.74 Å². The first kappa shape index (κ1) is 15.1. The second-order valence-electron chi connectivity index (χ2n) is 6.42. The third kappa shape index (κ3) is 2.65. The van der Waals surface area contributed by atoms with Crippen molar-refractivity contribution in [1.82, 2.24) is 14.9 Å². The van der Waals surface area contributed by atoms with E-state index in [2.05, 4.69) is 27.9 Å². The van der Waals surface area contributed by atoms with Crippen molar-refractivity contribution in [2.24, 2.45) is 0 Å². The van der Waals surface area contributed by atoms with Crippen molar-refractivity contribution in [3.05, 3.63) is 58.1 Å². The average Bonchev–Trinajstić information content (AvgIpc) is 2.88. The Labute approximate surface area is 141 Å².